The van der Waals surface area contributed by atoms with Crippen molar-refractivity contribution in [3.8, 4) is 0 Å². The molecule has 1 atom stereocenters. The number of urea groups is 1. The van der Waals surface area contributed by atoms with Crippen LogP contribution in [0.3, 0.4) is 0 Å². The Morgan fingerprint density at radius 3 is 2.29 bits per heavy atom. The first-order chi connectivity index (χ1) is 11.4. The van der Waals surface area contributed by atoms with E-state index in [4.69, 9.17) is 5.73 Å². The molecule has 0 bridgehead atoms. The number of carbonyl (C=O) groups excluding carboxylic acids is 2. The van der Waals surface area contributed by atoms with Gasteiger partial charge in [-0.25, -0.2) is 9.18 Å². The Hall–Kier alpha value is -3.15. The number of primary amides is 1. The molecule has 0 fully saturated rings. The molecule has 0 aromatic heterocycles. The van der Waals surface area contributed by atoms with Crippen molar-refractivity contribution in [1.82, 2.24) is 5.32 Å². The Labute approximate surface area is 139 Å². The number of nitrogens with two attached hydrogens (primary N) is 1. The number of hydrogen-bond donors (Lipinski definition) is 3. The monoisotopic (exact) mass is 327 g/mol. The van der Waals surface area contributed by atoms with Crippen molar-refractivity contribution in [1.29, 1.82) is 0 Å². The molecule has 0 aliphatic carbocycles. The summed E-state index contributed by atoms with van der Waals surface area (Å²) < 4.78 is 12.8. The maximum Gasteiger partial charge on any atom is 0.316 e. The molecule has 0 saturated carbocycles. The summed E-state index contributed by atoms with van der Waals surface area (Å²) in [5, 5.41) is 5.29. The normalized spacial score (nSPS) is 11.9. The van der Waals surface area contributed by atoms with E-state index >= 15 is 0 Å². The maximum atomic E-state index is 12.8. The molecule has 2 rings (SSSR count). The molecule has 0 radical (unpaired) electrons. The van der Waals surface area contributed by atoms with Crippen molar-refractivity contribution in [2.24, 2.45) is 5.73 Å². The molecule has 2 aromatic carbocycles. The lowest BCUT2D eigenvalue weighted by molar-refractivity contribution is -0.117. The Balaban J connectivity index is 1.93. The van der Waals surface area contributed by atoms with Crippen molar-refractivity contribution in [3.63, 3.8) is 0 Å². The zero-order chi connectivity index (χ0) is 17.5. The Morgan fingerprint density at radius 2 is 1.71 bits per heavy atom. The first-order valence-electron chi connectivity index (χ1n) is 7.34. The lowest BCUT2D eigenvalue weighted by Gasteiger charge is -2.13. The van der Waals surface area contributed by atoms with E-state index in [9.17, 15) is 14.0 Å². The van der Waals surface area contributed by atoms with Gasteiger partial charge in [0.15, 0.2) is 0 Å². The molecule has 0 spiro atoms. The molecule has 6 heteroatoms. The highest BCUT2D eigenvalue weighted by molar-refractivity contribution is 5.92. The Morgan fingerprint density at radius 1 is 1.08 bits per heavy atom. The van der Waals surface area contributed by atoms with Gasteiger partial charge in [0.25, 0.3) is 0 Å². The summed E-state index contributed by atoms with van der Waals surface area (Å²) in [4.78, 5) is 22.7. The van der Waals surface area contributed by atoms with Crippen LogP contribution < -0.4 is 16.4 Å². The molecular formula is C18H18FN3O2. The summed E-state index contributed by atoms with van der Waals surface area (Å²) in [6.45, 7) is 1.85. The molecule has 0 saturated heterocycles. The van der Waals surface area contributed by atoms with Crippen LogP contribution in [0.1, 0.15) is 24.1 Å². The van der Waals surface area contributed by atoms with E-state index in [-0.39, 0.29) is 17.8 Å². The van der Waals surface area contributed by atoms with Crippen molar-refractivity contribution in [2.75, 3.05) is 5.32 Å². The molecule has 24 heavy (non-hydrogen) atoms. The van der Waals surface area contributed by atoms with E-state index in [0.29, 0.717) is 5.69 Å². The summed E-state index contributed by atoms with van der Waals surface area (Å²) in [7, 11) is 0. The first kappa shape index (κ1) is 17.2. The number of carbonyl (C=O) groups is 2. The number of rotatable bonds is 5. The molecule has 4 N–H and O–H groups in total. The zero-order valence-corrected chi connectivity index (χ0v) is 13.1. The minimum absolute atomic E-state index is 0.210. The minimum atomic E-state index is -0.630. The van der Waals surface area contributed by atoms with E-state index in [1.54, 1.807) is 42.5 Å². The third kappa shape index (κ3) is 5.24. The fourth-order valence-electron chi connectivity index (χ4n) is 2.09. The molecular weight excluding hydrogens is 309 g/mol. The van der Waals surface area contributed by atoms with Gasteiger partial charge in [0, 0.05) is 11.8 Å². The number of nitrogens with one attached hydrogen (secondary N) is 2. The molecule has 5 nitrogen and oxygen atoms in total. The van der Waals surface area contributed by atoms with E-state index < -0.39 is 6.03 Å². The van der Waals surface area contributed by atoms with Crippen LogP contribution in [-0.4, -0.2) is 11.9 Å². The van der Waals surface area contributed by atoms with Crippen molar-refractivity contribution < 1.29 is 14.0 Å². The van der Waals surface area contributed by atoms with Crippen molar-refractivity contribution >= 4 is 23.7 Å². The molecule has 0 unspecified atom stereocenters. The summed E-state index contributed by atoms with van der Waals surface area (Å²) in [5.41, 5.74) is 7.25. The van der Waals surface area contributed by atoms with E-state index in [0.717, 1.165) is 11.1 Å². The van der Waals surface area contributed by atoms with E-state index in [1.165, 1.54) is 18.2 Å². The van der Waals surface area contributed by atoms with Gasteiger partial charge in [-0.2, -0.15) is 0 Å². The van der Waals surface area contributed by atoms with Crippen LogP contribution in [0.2, 0.25) is 0 Å². The maximum absolute atomic E-state index is 12.8. The molecule has 0 aliphatic rings. The van der Waals surface area contributed by atoms with Gasteiger partial charge in [0.1, 0.15) is 5.82 Å². The summed E-state index contributed by atoms with van der Waals surface area (Å²) in [6, 6.07) is 12.0. The molecule has 3 amide bonds. The van der Waals surface area contributed by atoms with Crippen LogP contribution >= 0.6 is 0 Å². The topological polar surface area (TPSA) is 84.2 Å². The summed E-state index contributed by atoms with van der Waals surface area (Å²) in [5.74, 6) is -0.578. The molecule has 0 heterocycles. The van der Waals surface area contributed by atoms with Crippen LogP contribution in [0.5, 0.6) is 0 Å². The fourth-order valence-corrected chi connectivity index (χ4v) is 2.09. The quantitative estimate of drug-likeness (QED) is 0.737. The highest BCUT2D eigenvalue weighted by Gasteiger charge is 2.07. The third-order valence-electron chi connectivity index (χ3n) is 3.33. The van der Waals surface area contributed by atoms with Crippen molar-refractivity contribution in [2.45, 2.75) is 13.0 Å². The highest BCUT2D eigenvalue weighted by Crippen LogP contribution is 2.16. The zero-order valence-electron chi connectivity index (χ0n) is 13.1. The first-order valence-corrected chi connectivity index (χ1v) is 7.34. The fraction of sp³-hybridized carbons (Fsp3) is 0.111. The van der Waals surface area contributed by atoms with Crippen LogP contribution in [-0.2, 0) is 4.79 Å². The second kappa shape index (κ2) is 7.92. The number of benzene rings is 2. The number of hydrogen-bond acceptors (Lipinski definition) is 2. The van der Waals surface area contributed by atoms with Gasteiger partial charge in [-0.05, 0) is 48.4 Å². The predicted octanol–water partition coefficient (Wildman–Crippen LogP) is 3.21. The number of amides is 3. The van der Waals surface area contributed by atoms with E-state index in [1.807, 2.05) is 6.92 Å². The van der Waals surface area contributed by atoms with Gasteiger partial charge in [-0.15, -0.1) is 0 Å². The highest BCUT2D eigenvalue weighted by atomic mass is 19.1. The molecule has 2 aromatic rings. The molecule has 124 valence electrons. The van der Waals surface area contributed by atoms with Crippen LogP contribution in [0, 0.1) is 5.82 Å². The lowest BCUT2D eigenvalue weighted by atomic mass is 10.1. The third-order valence-corrected chi connectivity index (χ3v) is 3.33. The smallest absolute Gasteiger partial charge is 0.316 e. The summed E-state index contributed by atoms with van der Waals surface area (Å²) >= 11 is 0. The van der Waals surface area contributed by atoms with E-state index in [2.05, 4.69) is 10.6 Å². The average Bonchev–Trinajstić information content (AvgIpc) is 2.54. The van der Waals surface area contributed by atoms with Crippen LogP contribution in [0.4, 0.5) is 14.9 Å². The lowest BCUT2D eigenvalue weighted by Crippen LogP contribution is -2.24. The largest absolute Gasteiger partial charge is 0.351 e. The van der Waals surface area contributed by atoms with Gasteiger partial charge >= 0.3 is 6.03 Å². The standard InChI is InChI=1S/C18H18FN3O2/c1-12(14-5-9-16(10-6-14)22-18(20)24)21-17(23)11-4-13-2-7-15(19)8-3-13/h2-12H,1H3,(H,21,23)(H3,20,22,24)/b11-4+/t12-/m1/s1. The Bertz CT molecular complexity index is 740. The average molecular weight is 327 g/mol. The van der Waals surface area contributed by atoms with Crippen LogP contribution in [0.15, 0.2) is 54.6 Å². The second-order valence-electron chi connectivity index (χ2n) is 5.23. The number of anilines is 1. The SMILES string of the molecule is C[C@@H](NC(=O)/C=C/c1ccc(F)cc1)c1ccc(NC(N)=O)cc1. The van der Waals surface area contributed by atoms with Gasteiger partial charge in [0.05, 0.1) is 6.04 Å². The van der Waals surface area contributed by atoms with Gasteiger partial charge < -0.3 is 16.4 Å². The van der Waals surface area contributed by atoms with Gasteiger partial charge in [-0.3, -0.25) is 4.79 Å². The summed E-state index contributed by atoms with van der Waals surface area (Å²) in [6.07, 6.45) is 3.01. The van der Waals surface area contributed by atoms with Crippen LogP contribution in [0.25, 0.3) is 6.08 Å². The van der Waals surface area contributed by atoms with Gasteiger partial charge in [-0.1, -0.05) is 24.3 Å². The number of halogens is 1. The Kier molecular flexibility index (Phi) is 5.68. The second-order valence-corrected chi connectivity index (χ2v) is 5.23. The molecule has 0 aliphatic heterocycles. The predicted molar refractivity (Wildman–Crippen MR) is 91.6 cm³/mol. The van der Waals surface area contributed by atoms with Gasteiger partial charge in [0.2, 0.25) is 5.91 Å². The minimum Gasteiger partial charge on any atom is -0.351 e. The van der Waals surface area contributed by atoms with Crippen molar-refractivity contribution in [3.05, 3.63) is 71.6 Å².